The number of piperidine rings is 2. The van der Waals surface area contributed by atoms with Crippen LogP contribution in [0, 0.1) is 17.8 Å². The van der Waals surface area contributed by atoms with Gasteiger partial charge in [0.2, 0.25) is 10.0 Å². The quantitative estimate of drug-likeness (QED) is 0.252. The molecule has 0 radical (unpaired) electrons. The average Bonchev–Trinajstić information content (AvgIpc) is 3.59. The lowest BCUT2D eigenvalue weighted by atomic mass is 9.87. The van der Waals surface area contributed by atoms with E-state index in [-0.39, 0.29) is 10.9 Å². The number of benzene rings is 1. The molecular weight excluding hydrogens is 778 g/mol. The van der Waals surface area contributed by atoms with Gasteiger partial charge in [-0.05, 0) is 113 Å². The van der Waals surface area contributed by atoms with Gasteiger partial charge in [0.25, 0.3) is 10.0 Å². The maximum atomic E-state index is 13.0. The molecule has 0 bridgehead atoms. The number of nitrogens with one attached hydrogen (secondary N) is 1. The Balaban J connectivity index is 1.04. The summed E-state index contributed by atoms with van der Waals surface area (Å²) in [5.41, 5.74) is 0.833. The van der Waals surface area contributed by atoms with Crippen LogP contribution in [0.5, 0.6) is 0 Å². The Bertz CT molecular complexity index is 1540. The van der Waals surface area contributed by atoms with E-state index in [1.165, 1.54) is 17.4 Å². The molecule has 2 atom stereocenters. The van der Waals surface area contributed by atoms with Crippen LogP contribution in [0.4, 0.5) is 5.69 Å². The highest BCUT2D eigenvalue weighted by Gasteiger charge is 2.33. The molecule has 1 aliphatic carbocycles. The molecule has 3 heterocycles. The molecule has 2 aliphatic heterocycles. The maximum Gasteiger partial charge on any atom is 0.306 e. The number of nitrogens with zero attached hydrogens (tertiary/aromatic N) is 2. The fraction of sp³-hybridized carbons (Fsp3) is 0.621. The Kier molecular flexibility index (Phi) is 11.5. The molecule has 9 nitrogen and oxygen atoms in total. The Labute approximate surface area is 286 Å². The van der Waals surface area contributed by atoms with Gasteiger partial charge in [0.15, 0.2) is 0 Å². The molecule has 2 aromatic rings. The number of sulfonamides is 2. The van der Waals surface area contributed by atoms with E-state index in [2.05, 4.69) is 41.5 Å². The monoisotopic (exact) mass is 813 g/mol. The molecule has 0 amide bonds. The van der Waals surface area contributed by atoms with Crippen molar-refractivity contribution in [2.45, 2.75) is 79.4 Å². The molecule has 1 aromatic carbocycles. The standard InChI is InChI=1S/C29H38Br2ClN3O6S3/c30-24-18-27(42-28(24)31)44(40,41)35-14-10-20(11-15-35)3-1-2-19-8-12-34(13-9-19)26-7-6-23(17-25(26)32)43(38,39)33-22-5-4-21(16-22)29(36)37/h6-7,17-22,33H,1-5,8-16H2,(H,36,37). The molecule has 3 aliphatic rings. The lowest BCUT2D eigenvalue weighted by molar-refractivity contribution is -0.141. The molecule has 1 aromatic heterocycles. The molecule has 244 valence electrons. The second kappa shape index (κ2) is 14.6. The molecule has 44 heavy (non-hydrogen) atoms. The van der Waals surface area contributed by atoms with Crippen molar-refractivity contribution in [3.63, 3.8) is 0 Å². The number of carbonyl (C=O) groups is 1. The van der Waals surface area contributed by atoms with E-state index in [1.807, 2.05) is 0 Å². The summed E-state index contributed by atoms with van der Waals surface area (Å²) in [6.45, 7) is 2.86. The van der Waals surface area contributed by atoms with E-state index < -0.39 is 31.9 Å². The van der Waals surface area contributed by atoms with Gasteiger partial charge < -0.3 is 10.0 Å². The van der Waals surface area contributed by atoms with Gasteiger partial charge in [0, 0.05) is 36.7 Å². The highest BCUT2D eigenvalue weighted by Crippen LogP contribution is 2.38. The molecule has 3 fully saturated rings. The van der Waals surface area contributed by atoms with Crippen LogP contribution in [-0.2, 0) is 24.8 Å². The van der Waals surface area contributed by atoms with Crippen LogP contribution in [-0.4, -0.2) is 64.4 Å². The summed E-state index contributed by atoms with van der Waals surface area (Å²) in [4.78, 5) is 13.5. The highest BCUT2D eigenvalue weighted by atomic mass is 79.9. The second-order valence-electron chi connectivity index (χ2n) is 12.2. The van der Waals surface area contributed by atoms with Crippen molar-refractivity contribution in [3.05, 3.63) is 37.5 Å². The number of anilines is 1. The van der Waals surface area contributed by atoms with Gasteiger partial charge in [-0.3, -0.25) is 4.79 Å². The van der Waals surface area contributed by atoms with Gasteiger partial charge in [-0.15, -0.1) is 11.3 Å². The van der Waals surface area contributed by atoms with Crippen molar-refractivity contribution in [1.29, 1.82) is 0 Å². The Hall–Kier alpha value is -0.740. The SMILES string of the molecule is O=C(O)C1CCC(NS(=O)(=O)c2ccc(N3CCC(CCCC4CCN(S(=O)(=O)c5cc(Br)c(Br)s5)CC4)CC3)c(Cl)c2)C1. The zero-order valence-electron chi connectivity index (χ0n) is 24.3. The molecule has 0 spiro atoms. The van der Waals surface area contributed by atoms with Crippen molar-refractivity contribution < 1.29 is 26.7 Å². The van der Waals surface area contributed by atoms with E-state index in [9.17, 15) is 26.7 Å². The number of carboxylic acids is 1. The Morgan fingerprint density at radius 1 is 0.955 bits per heavy atom. The van der Waals surface area contributed by atoms with Crippen LogP contribution < -0.4 is 9.62 Å². The van der Waals surface area contributed by atoms with Gasteiger partial charge >= 0.3 is 5.97 Å². The number of hydrogen-bond donors (Lipinski definition) is 2. The lowest BCUT2D eigenvalue weighted by Crippen LogP contribution is -2.38. The highest BCUT2D eigenvalue weighted by molar-refractivity contribution is 9.13. The number of carboxylic acid groups (broad SMARTS) is 1. The average molecular weight is 816 g/mol. The Morgan fingerprint density at radius 3 is 2.14 bits per heavy atom. The zero-order valence-corrected chi connectivity index (χ0v) is 30.6. The number of hydrogen-bond acceptors (Lipinski definition) is 7. The van der Waals surface area contributed by atoms with E-state index in [4.69, 9.17) is 11.6 Å². The molecule has 2 N–H and O–H groups in total. The predicted molar refractivity (Wildman–Crippen MR) is 181 cm³/mol. The van der Waals surface area contributed by atoms with Crippen molar-refractivity contribution in [2.75, 3.05) is 31.1 Å². The molecular formula is C29H38Br2ClN3O6S3. The van der Waals surface area contributed by atoms with Crippen LogP contribution in [0.15, 0.2) is 41.6 Å². The summed E-state index contributed by atoms with van der Waals surface area (Å²) >= 11 is 14.6. The van der Waals surface area contributed by atoms with Crippen LogP contribution in [0.1, 0.15) is 64.2 Å². The van der Waals surface area contributed by atoms with E-state index in [0.717, 1.165) is 72.0 Å². The maximum absolute atomic E-state index is 13.0. The minimum atomic E-state index is -3.80. The first kappa shape index (κ1) is 34.6. The van der Waals surface area contributed by atoms with Crippen LogP contribution >= 0.6 is 54.8 Å². The first-order valence-electron chi connectivity index (χ1n) is 15.1. The molecule has 2 unspecified atom stereocenters. The van der Waals surface area contributed by atoms with Gasteiger partial charge in [0.05, 0.1) is 25.3 Å². The lowest BCUT2D eigenvalue weighted by Gasteiger charge is -2.35. The molecule has 1 saturated carbocycles. The van der Waals surface area contributed by atoms with Gasteiger partial charge in [0.1, 0.15) is 4.21 Å². The number of thiophene rings is 1. The minimum Gasteiger partial charge on any atom is -0.481 e. The third-order valence-corrected chi connectivity index (χ3v) is 16.7. The fourth-order valence-electron chi connectivity index (χ4n) is 6.69. The van der Waals surface area contributed by atoms with Crippen LogP contribution in [0.3, 0.4) is 0 Å². The summed E-state index contributed by atoms with van der Waals surface area (Å²) in [7, 11) is -7.25. The fourth-order valence-corrected chi connectivity index (χ4v) is 12.8. The zero-order chi connectivity index (χ0) is 31.6. The van der Waals surface area contributed by atoms with Crippen molar-refractivity contribution in [1.82, 2.24) is 9.03 Å². The first-order chi connectivity index (χ1) is 20.8. The van der Waals surface area contributed by atoms with Crippen molar-refractivity contribution in [3.8, 4) is 0 Å². The topological polar surface area (TPSA) is 124 Å². The number of rotatable bonds is 11. The van der Waals surface area contributed by atoms with Gasteiger partial charge in [-0.1, -0.05) is 30.9 Å². The third kappa shape index (κ3) is 8.21. The van der Waals surface area contributed by atoms with Crippen LogP contribution in [0.2, 0.25) is 5.02 Å². The van der Waals surface area contributed by atoms with E-state index in [1.54, 1.807) is 22.5 Å². The van der Waals surface area contributed by atoms with Crippen molar-refractivity contribution >= 4 is 86.5 Å². The number of halogens is 3. The van der Waals surface area contributed by atoms with E-state index in [0.29, 0.717) is 53.4 Å². The molecule has 15 heteroatoms. The smallest absolute Gasteiger partial charge is 0.306 e. The van der Waals surface area contributed by atoms with Gasteiger partial charge in [-0.2, -0.15) is 4.31 Å². The van der Waals surface area contributed by atoms with E-state index >= 15 is 0 Å². The second-order valence-corrected chi connectivity index (χ2v) is 19.7. The summed E-state index contributed by atoms with van der Waals surface area (Å²) < 4.78 is 58.1. The summed E-state index contributed by atoms with van der Waals surface area (Å²) in [5, 5.41) is 9.60. The van der Waals surface area contributed by atoms with Gasteiger partial charge in [-0.25, -0.2) is 21.6 Å². The largest absolute Gasteiger partial charge is 0.481 e. The predicted octanol–water partition coefficient (Wildman–Crippen LogP) is 6.95. The number of aliphatic carboxylic acids is 1. The van der Waals surface area contributed by atoms with Crippen molar-refractivity contribution in [2.24, 2.45) is 17.8 Å². The summed E-state index contributed by atoms with van der Waals surface area (Å²) in [5.74, 6) is -0.208. The Morgan fingerprint density at radius 2 is 1.59 bits per heavy atom. The summed E-state index contributed by atoms with van der Waals surface area (Å²) in [6, 6.07) is 6.13. The van der Waals surface area contributed by atoms with Crippen LogP contribution in [0.25, 0.3) is 0 Å². The normalized spacial score (nSPS) is 22.9. The molecule has 2 saturated heterocycles. The third-order valence-electron chi connectivity index (χ3n) is 9.30. The molecule has 5 rings (SSSR count). The minimum absolute atomic E-state index is 0.0935. The summed E-state index contributed by atoms with van der Waals surface area (Å²) in [6.07, 6.45) is 8.59. The first-order valence-corrected chi connectivity index (χ1v) is 20.8.